The maximum absolute atomic E-state index is 12.1. The van der Waals surface area contributed by atoms with E-state index < -0.39 is 15.4 Å². The van der Waals surface area contributed by atoms with E-state index in [1.165, 1.54) is 6.08 Å². The molecule has 0 aromatic heterocycles. The topological polar surface area (TPSA) is 79.2 Å². The molecule has 5 nitrogen and oxygen atoms in total. The number of benzene rings is 1. The van der Waals surface area contributed by atoms with Gasteiger partial charge < -0.3 is 0 Å². The lowest BCUT2D eigenvalue weighted by Crippen LogP contribution is -2.32. The van der Waals surface area contributed by atoms with Gasteiger partial charge in [-0.05, 0) is 43.0 Å². The van der Waals surface area contributed by atoms with Crippen LogP contribution in [0.3, 0.4) is 0 Å². The van der Waals surface area contributed by atoms with Crippen molar-refractivity contribution >= 4 is 32.9 Å². The van der Waals surface area contributed by atoms with Crippen LogP contribution in [0.1, 0.15) is 43.2 Å². The molecule has 26 heavy (non-hydrogen) atoms. The van der Waals surface area contributed by atoms with Gasteiger partial charge in [-0.2, -0.15) is 18.0 Å². The first-order valence-corrected chi connectivity index (χ1v) is 10.4. The van der Waals surface area contributed by atoms with Gasteiger partial charge in [0.15, 0.2) is 0 Å². The Bertz CT molecular complexity index is 846. The highest BCUT2D eigenvalue weighted by Gasteiger charge is 2.28. The van der Waals surface area contributed by atoms with E-state index in [2.05, 4.69) is 11.5 Å². The van der Waals surface area contributed by atoms with E-state index in [9.17, 15) is 13.7 Å². The van der Waals surface area contributed by atoms with Crippen LogP contribution in [0, 0.1) is 18.3 Å². The number of thiocarbonyl (C=S) groups is 1. The van der Waals surface area contributed by atoms with E-state index in [1.54, 1.807) is 12.2 Å². The minimum Gasteiger partial charge on any atom is -0.239 e. The molecule has 1 saturated carbocycles. The van der Waals surface area contributed by atoms with Gasteiger partial charge in [-0.3, -0.25) is 0 Å². The Morgan fingerprint density at radius 3 is 2.65 bits per heavy atom. The Hall–Kier alpha value is -2.01. The maximum atomic E-state index is 12.1. The Kier molecular flexibility index (Phi) is 7.51. The van der Waals surface area contributed by atoms with Crippen LogP contribution in [0.25, 0.3) is 5.57 Å². The molecule has 0 unspecified atom stereocenters. The normalized spacial score (nSPS) is 16.4. The van der Waals surface area contributed by atoms with Crippen LogP contribution >= 0.6 is 12.2 Å². The molecule has 0 radical (unpaired) electrons. The average molecular weight is 391 g/mol. The minimum absolute atomic E-state index is 0.128. The summed E-state index contributed by atoms with van der Waals surface area (Å²) in [5.74, 6) is 0. The molecule has 0 spiro atoms. The van der Waals surface area contributed by atoms with E-state index in [1.807, 2.05) is 31.2 Å². The van der Waals surface area contributed by atoms with Crippen LogP contribution in [0.2, 0.25) is 0 Å². The first-order valence-electron chi connectivity index (χ1n) is 8.51. The van der Waals surface area contributed by atoms with Crippen molar-refractivity contribution < 1.29 is 12.7 Å². The zero-order valence-corrected chi connectivity index (χ0v) is 16.3. The molecule has 0 bridgehead atoms. The number of hydrogen-bond acceptors (Lipinski definition) is 5. The van der Waals surface area contributed by atoms with Gasteiger partial charge in [-0.25, -0.2) is 5.48 Å². The standard InChI is InChI=1S/C19H22N2O3S2/c1-15-8-5-6-12-18(15)16(14-20)9-7-13-19(25)21-24-26(22,23)17-10-3-2-4-11-17/h5-9,12-13,17H,2-4,10-11H2,1H3,(H,21,25)/b13-7-,16-9-. The second-order valence-corrected chi connectivity index (χ2v) is 8.43. The summed E-state index contributed by atoms with van der Waals surface area (Å²) in [5, 5.41) is 8.85. The highest BCUT2D eigenvalue weighted by Crippen LogP contribution is 2.24. The molecule has 1 N–H and O–H groups in total. The summed E-state index contributed by atoms with van der Waals surface area (Å²) in [6.45, 7) is 1.93. The highest BCUT2D eigenvalue weighted by molar-refractivity contribution is 7.87. The van der Waals surface area contributed by atoms with Gasteiger partial charge in [0.25, 0.3) is 10.1 Å². The molecule has 1 aromatic carbocycles. The van der Waals surface area contributed by atoms with Gasteiger partial charge in [-0.15, -0.1) is 0 Å². The van der Waals surface area contributed by atoms with Crippen LogP contribution in [-0.2, 0) is 14.4 Å². The SMILES string of the molecule is Cc1ccccc1/C(C#N)=C\C=C/C(=S)NOS(=O)(=O)C1CCCCC1. The monoisotopic (exact) mass is 390 g/mol. The summed E-state index contributed by atoms with van der Waals surface area (Å²) in [7, 11) is -3.67. The Morgan fingerprint density at radius 1 is 1.31 bits per heavy atom. The fraction of sp³-hybridized carbons (Fsp3) is 0.368. The summed E-state index contributed by atoms with van der Waals surface area (Å²) in [5.41, 5.74) is 4.64. The van der Waals surface area contributed by atoms with Crippen molar-refractivity contribution in [2.45, 2.75) is 44.3 Å². The Morgan fingerprint density at radius 2 is 2.00 bits per heavy atom. The number of rotatable bonds is 6. The van der Waals surface area contributed by atoms with Gasteiger partial charge in [0.05, 0.1) is 16.9 Å². The fourth-order valence-electron chi connectivity index (χ4n) is 2.85. The summed E-state index contributed by atoms with van der Waals surface area (Å²) in [6.07, 6.45) is 8.82. The van der Waals surface area contributed by atoms with Crippen LogP contribution in [0.5, 0.6) is 0 Å². The van der Waals surface area contributed by atoms with E-state index in [0.29, 0.717) is 18.4 Å². The predicted octanol–water partition coefficient (Wildman–Crippen LogP) is 3.97. The van der Waals surface area contributed by atoms with Gasteiger partial charge in [0, 0.05) is 0 Å². The third-order valence-electron chi connectivity index (χ3n) is 4.29. The molecular weight excluding hydrogens is 368 g/mol. The van der Waals surface area contributed by atoms with Crippen molar-refractivity contribution in [2.24, 2.45) is 0 Å². The van der Waals surface area contributed by atoms with Crippen molar-refractivity contribution in [3.05, 3.63) is 53.6 Å². The molecule has 1 fully saturated rings. The van der Waals surface area contributed by atoms with Crippen molar-refractivity contribution in [2.75, 3.05) is 0 Å². The zero-order chi connectivity index (χ0) is 19.0. The molecular formula is C19H22N2O3S2. The third kappa shape index (κ3) is 5.77. The lowest BCUT2D eigenvalue weighted by atomic mass is 10.0. The second kappa shape index (κ2) is 9.62. The molecule has 0 aliphatic heterocycles. The number of aryl methyl sites for hydroxylation is 1. The zero-order valence-electron chi connectivity index (χ0n) is 14.6. The van der Waals surface area contributed by atoms with Crippen molar-refractivity contribution in [1.29, 1.82) is 5.26 Å². The molecule has 1 aromatic rings. The third-order valence-corrected chi connectivity index (χ3v) is 6.11. The Labute approximate surface area is 160 Å². The van der Waals surface area contributed by atoms with Gasteiger partial charge in [-0.1, -0.05) is 61.8 Å². The van der Waals surface area contributed by atoms with Crippen LogP contribution < -0.4 is 5.48 Å². The van der Waals surface area contributed by atoms with E-state index in [4.69, 9.17) is 16.5 Å². The van der Waals surface area contributed by atoms with Crippen LogP contribution in [0.4, 0.5) is 0 Å². The first kappa shape index (κ1) is 20.3. The van der Waals surface area contributed by atoms with Gasteiger partial charge >= 0.3 is 0 Å². The predicted molar refractivity (Wildman–Crippen MR) is 107 cm³/mol. The molecule has 138 valence electrons. The quantitative estimate of drug-likeness (QED) is 0.260. The second-order valence-electron chi connectivity index (χ2n) is 6.17. The Balaban J connectivity index is 1.94. The molecule has 0 atom stereocenters. The number of nitriles is 1. The largest absolute Gasteiger partial charge is 0.290 e. The number of hydrogen-bond donors (Lipinski definition) is 1. The van der Waals surface area contributed by atoms with Crippen molar-refractivity contribution in [3.63, 3.8) is 0 Å². The molecule has 0 amide bonds. The fourth-order valence-corrected chi connectivity index (χ4v) is 4.27. The van der Waals surface area contributed by atoms with Crippen molar-refractivity contribution in [3.8, 4) is 6.07 Å². The van der Waals surface area contributed by atoms with Gasteiger partial charge in [0.1, 0.15) is 4.99 Å². The molecule has 2 rings (SSSR count). The van der Waals surface area contributed by atoms with Crippen LogP contribution in [0.15, 0.2) is 42.5 Å². The lowest BCUT2D eigenvalue weighted by Gasteiger charge is -2.20. The smallest absolute Gasteiger partial charge is 0.239 e. The van der Waals surface area contributed by atoms with Crippen LogP contribution in [-0.4, -0.2) is 18.7 Å². The minimum atomic E-state index is -3.67. The summed E-state index contributed by atoms with van der Waals surface area (Å²) < 4.78 is 29.1. The van der Waals surface area contributed by atoms with Gasteiger partial charge in [0.2, 0.25) is 0 Å². The highest BCUT2D eigenvalue weighted by atomic mass is 32.2. The molecule has 0 saturated heterocycles. The summed E-state index contributed by atoms with van der Waals surface area (Å²) in [6, 6.07) is 9.73. The van der Waals surface area contributed by atoms with E-state index in [-0.39, 0.29) is 4.99 Å². The molecule has 7 heteroatoms. The number of allylic oxidation sites excluding steroid dienone is 3. The number of nitrogens with zero attached hydrogens (tertiary/aromatic N) is 1. The number of nitrogens with one attached hydrogen (secondary N) is 1. The van der Waals surface area contributed by atoms with Crippen molar-refractivity contribution in [1.82, 2.24) is 5.48 Å². The maximum Gasteiger partial charge on any atom is 0.290 e. The first-order chi connectivity index (χ1) is 12.4. The van der Waals surface area contributed by atoms with E-state index >= 15 is 0 Å². The van der Waals surface area contributed by atoms with E-state index in [0.717, 1.165) is 30.4 Å². The molecule has 0 heterocycles. The molecule has 1 aliphatic carbocycles. The average Bonchev–Trinajstić information content (AvgIpc) is 2.65. The lowest BCUT2D eigenvalue weighted by molar-refractivity contribution is 0.260. The summed E-state index contributed by atoms with van der Waals surface area (Å²) in [4.78, 5) is 0.128. The summed E-state index contributed by atoms with van der Waals surface area (Å²) >= 11 is 5.05. The molecule has 1 aliphatic rings. The number of hydroxylamine groups is 1.